The molecule has 0 saturated carbocycles. The lowest BCUT2D eigenvalue weighted by atomic mass is 9.88. The van der Waals surface area contributed by atoms with E-state index in [9.17, 15) is 19.5 Å². The van der Waals surface area contributed by atoms with Crippen molar-refractivity contribution < 1.29 is 9.90 Å². The van der Waals surface area contributed by atoms with Crippen LogP contribution >= 0.6 is 0 Å². The van der Waals surface area contributed by atoms with E-state index in [1.807, 2.05) is 27.7 Å². The van der Waals surface area contributed by atoms with Crippen molar-refractivity contribution in [3.8, 4) is 5.75 Å². The summed E-state index contributed by atoms with van der Waals surface area (Å²) in [5.74, 6) is -0.679. The first-order valence-electron chi connectivity index (χ1n) is 9.82. The molecule has 164 valence electrons. The zero-order valence-electron chi connectivity index (χ0n) is 18.6. The fourth-order valence-corrected chi connectivity index (χ4v) is 2.69. The SMILES string of the molecule is CCn1[nH]c(=O)c(N[C@@H](C)C(C)(C)C)c(Nc2cccc(C(=O)N(C)C)c2O)c1=O. The normalized spacial score (nSPS) is 12.4. The van der Waals surface area contributed by atoms with E-state index < -0.39 is 11.1 Å². The number of hydrogen-bond donors (Lipinski definition) is 4. The molecule has 0 aliphatic rings. The molecule has 2 rings (SSSR count). The highest BCUT2D eigenvalue weighted by molar-refractivity contribution is 5.98. The minimum Gasteiger partial charge on any atom is -0.505 e. The Morgan fingerprint density at radius 2 is 1.87 bits per heavy atom. The Hall–Kier alpha value is -3.23. The summed E-state index contributed by atoms with van der Waals surface area (Å²) in [4.78, 5) is 39.4. The zero-order valence-corrected chi connectivity index (χ0v) is 18.6. The molecule has 0 saturated heterocycles. The van der Waals surface area contributed by atoms with Crippen LogP contribution in [0.3, 0.4) is 0 Å². The van der Waals surface area contributed by atoms with E-state index >= 15 is 0 Å². The molecule has 9 heteroatoms. The molecular formula is C21H31N5O4. The maximum atomic E-state index is 13.0. The van der Waals surface area contributed by atoms with Crippen LogP contribution in [-0.2, 0) is 6.54 Å². The largest absolute Gasteiger partial charge is 0.505 e. The number of aromatic nitrogens is 2. The number of phenolic OH excluding ortho intramolecular Hbond substituents is 1. The van der Waals surface area contributed by atoms with Gasteiger partial charge in [0, 0.05) is 26.7 Å². The molecule has 1 heterocycles. The molecule has 30 heavy (non-hydrogen) atoms. The maximum Gasteiger partial charge on any atom is 0.291 e. The van der Waals surface area contributed by atoms with Crippen molar-refractivity contribution in [3.05, 3.63) is 44.5 Å². The van der Waals surface area contributed by atoms with E-state index in [4.69, 9.17) is 0 Å². The van der Waals surface area contributed by atoms with Gasteiger partial charge in [0.05, 0.1) is 11.3 Å². The molecule has 1 atom stereocenters. The summed E-state index contributed by atoms with van der Waals surface area (Å²) < 4.78 is 1.18. The second-order valence-corrected chi connectivity index (χ2v) is 8.50. The van der Waals surface area contributed by atoms with E-state index in [0.717, 1.165) is 0 Å². The average Bonchev–Trinajstić information content (AvgIpc) is 2.66. The van der Waals surface area contributed by atoms with E-state index in [0.29, 0.717) is 0 Å². The van der Waals surface area contributed by atoms with Gasteiger partial charge in [-0.3, -0.25) is 19.5 Å². The van der Waals surface area contributed by atoms with Gasteiger partial charge in [0.15, 0.2) is 5.75 Å². The highest BCUT2D eigenvalue weighted by atomic mass is 16.3. The fourth-order valence-electron chi connectivity index (χ4n) is 2.69. The van der Waals surface area contributed by atoms with Gasteiger partial charge in [-0.25, -0.2) is 4.68 Å². The predicted molar refractivity (Wildman–Crippen MR) is 119 cm³/mol. The highest BCUT2D eigenvalue weighted by Gasteiger charge is 2.25. The van der Waals surface area contributed by atoms with Crippen LogP contribution in [0.2, 0.25) is 0 Å². The Morgan fingerprint density at radius 3 is 2.40 bits per heavy atom. The summed E-state index contributed by atoms with van der Waals surface area (Å²) in [6, 6.07) is 4.49. The second kappa shape index (κ2) is 8.64. The molecule has 9 nitrogen and oxygen atoms in total. The van der Waals surface area contributed by atoms with Crippen LogP contribution in [0.25, 0.3) is 0 Å². The summed E-state index contributed by atoms with van der Waals surface area (Å²) in [7, 11) is 3.16. The number of hydrogen-bond acceptors (Lipinski definition) is 6. The summed E-state index contributed by atoms with van der Waals surface area (Å²) in [6.45, 7) is 9.97. The summed E-state index contributed by atoms with van der Waals surface area (Å²) in [5.41, 5.74) is -0.775. The van der Waals surface area contributed by atoms with Gasteiger partial charge < -0.3 is 20.6 Å². The lowest BCUT2D eigenvalue weighted by Gasteiger charge is -2.29. The van der Waals surface area contributed by atoms with Crippen molar-refractivity contribution in [3.63, 3.8) is 0 Å². The molecule has 0 aliphatic carbocycles. The Labute approximate surface area is 175 Å². The maximum absolute atomic E-state index is 13.0. The van der Waals surface area contributed by atoms with Gasteiger partial charge in [-0.1, -0.05) is 26.8 Å². The number of aromatic hydroxyl groups is 1. The number of phenols is 1. The molecule has 1 amide bonds. The van der Waals surface area contributed by atoms with E-state index in [1.54, 1.807) is 27.1 Å². The summed E-state index contributed by atoms with van der Waals surface area (Å²) in [5, 5.41) is 19.2. The smallest absolute Gasteiger partial charge is 0.291 e. The molecule has 0 fully saturated rings. The molecule has 2 aromatic rings. The molecule has 0 aliphatic heterocycles. The molecule has 0 radical (unpaired) electrons. The number of carbonyl (C=O) groups is 1. The van der Waals surface area contributed by atoms with Crippen LogP contribution in [0, 0.1) is 5.41 Å². The molecule has 1 aromatic heterocycles. The van der Waals surface area contributed by atoms with Crippen LogP contribution in [0.4, 0.5) is 17.1 Å². The fraction of sp³-hybridized carbons (Fsp3) is 0.476. The van der Waals surface area contributed by atoms with Crippen molar-refractivity contribution in [2.24, 2.45) is 5.41 Å². The minimum absolute atomic E-state index is 0.00134. The number of carbonyl (C=O) groups excluding carboxylic acids is 1. The molecule has 4 N–H and O–H groups in total. The number of rotatable bonds is 6. The van der Waals surface area contributed by atoms with Gasteiger partial charge in [-0.15, -0.1) is 0 Å². The zero-order chi connectivity index (χ0) is 22.8. The number of nitrogens with one attached hydrogen (secondary N) is 3. The number of benzene rings is 1. The van der Waals surface area contributed by atoms with Crippen molar-refractivity contribution >= 4 is 23.0 Å². The van der Waals surface area contributed by atoms with Crippen molar-refractivity contribution in [2.45, 2.75) is 47.2 Å². The van der Waals surface area contributed by atoms with Crippen LogP contribution in [0.1, 0.15) is 45.0 Å². The van der Waals surface area contributed by atoms with Gasteiger partial charge in [0.2, 0.25) is 0 Å². The van der Waals surface area contributed by atoms with Crippen LogP contribution in [0.15, 0.2) is 27.8 Å². The predicted octanol–water partition coefficient (Wildman–Crippen LogP) is 2.55. The van der Waals surface area contributed by atoms with Gasteiger partial charge in [0.1, 0.15) is 11.4 Å². The minimum atomic E-state index is -0.463. The number of nitrogens with zero attached hydrogens (tertiary/aromatic N) is 2. The van der Waals surface area contributed by atoms with Gasteiger partial charge >= 0.3 is 0 Å². The Kier molecular flexibility index (Phi) is 6.64. The van der Waals surface area contributed by atoms with E-state index in [-0.39, 0.29) is 52.3 Å². The lowest BCUT2D eigenvalue weighted by molar-refractivity contribution is 0.0824. The first-order valence-corrected chi connectivity index (χ1v) is 9.82. The Morgan fingerprint density at radius 1 is 1.23 bits per heavy atom. The summed E-state index contributed by atoms with van der Waals surface area (Å²) in [6.07, 6.45) is 0. The Balaban J connectivity index is 2.63. The number of amides is 1. The van der Waals surface area contributed by atoms with Gasteiger partial charge in [0.25, 0.3) is 17.0 Å². The third-order valence-corrected chi connectivity index (χ3v) is 5.08. The second-order valence-electron chi connectivity index (χ2n) is 8.50. The number of H-pyrrole nitrogens is 1. The average molecular weight is 418 g/mol. The number of para-hydroxylation sites is 1. The highest BCUT2D eigenvalue weighted by Crippen LogP contribution is 2.32. The quantitative estimate of drug-likeness (QED) is 0.536. The third kappa shape index (κ3) is 4.67. The standard InChI is InChI=1S/C21H31N5O4/c1-8-26-20(30)16(15(18(28)24-26)22-12(2)21(3,4)5)23-14-11-9-10-13(17(14)27)19(29)25(6)7/h9-12,22-23,27H,8H2,1-7H3,(H,24,28)/t12-/m0/s1. The third-order valence-electron chi connectivity index (χ3n) is 5.08. The van der Waals surface area contributed by atoms with Gasteiger partial charge in [-0.2, -0.15) is 0 Å². The number of aromatic amines is 1. The first kappa shape index (κ1) is 23.1. The van der Waals surface area contributed by atoms with Crippen molar-refractivity contribution in [1.29, 1.82) is 0 Å². The molecule has 0 bridgehead atoms. The number of aryl methyl sites for hydroxylation is 1. The molecule has 1 aromatic carbocycles. The van der Waals surface area contributed by atoms with Gasteiger partial charge in [-0.05, 0) is 31.4 Å². The number of anilines is 3. The van der Waals surface area contributed by atoms with Crippen LogP contribution in [-0.4, -0.2) is 45.8 Å². The first-order chi connectivity index (χ1) is 13.9. The summed E-state index contributed by atoms with van der Waals surface area (Å²) >= 11 is 0. The van der Waals surface area contributed by atoms with E-state index in [1.165, 1.54) is 21.7 Å². The van der Waals surface area contributed by atoms with Crippen molar-refractivity contribution in [1.82, 2.24) is 14.7 Å². The monoisotopic (exact) mass is 417 g/mol. The van der Waals surface area contributed by atoms with E-state index in [2.05, 4.69) is 15.7 Å². The van der Waals surface area contributed by atoms with Crippen molar-refractivity contribution in [2.75, 3.05) is 24.7 Å². The van der Waals surface area contributed by atoms with Crippen LogP contribution in [0.5, 0.6) is 5.75 Å². The molecule has 0 spiro atoms. The topological polar surface area (TPSA) is 119 Å². The molecular weight excluding hydrogens is 386 g/mol. The molecule has 0 unspecified atom stereocenters. The van der Waals surface area contributed by atoms with Crippen LogP contribution < -0.4 is 21.8 Å². The lowest BCUT2D eigenvalue weighted by Crippen LogP contribution is -2.38. The Bertz CT molecular complexity index is 1050.